The first-order valence-electron chi connectivity index (χ1n) is 6.55. The van der Waals surface area contributed by atoms with Crippen molar-refractivity contribution in [2.75, 3.05) is 5.32 Å². The zero-order valence-electron chi connectivity index (χ0n) is 11.7. The number of fused-ring (bicyclic) bond motifs is 1. The molecule has 6 heteroatoms. The van der Waals surface area contributed by atoms with Crippen molar-refractivity contribution >= 4 is 22.5 Å². The molecule has 6 nitrogen and oxygen atoms in total. The SMILES string of the molecule is CC(=O)Nc1ccc(O)cc1-c1nc2ccccc2c(=O)o1. The van der Waals surface area contributed by atoms with Crippen molar-refractivity contribution in [3.05, 3.63) is 52.9 Å². The van der Waals surface area contributed by atoms with E-state index in [-0.39, 0.29) is 17.5 Å². The van der Waals surface area contributed by atoms with Crippen LogP contribution in [0.5, 0.6) is 5.75 Å². The summed E-state index contributed by atoms with van der Waals surface area (Å²) in [6, 6.07) is 11.1. The fourth-order valence-corrected chi connectivity index (χ4v) is 2.14. The van der Waals surface area contributed by atoms with Crippen molar-refractivity contribution < 1.29 is 14.3 Å². The van der Waals surface area contributed by atoms with E-state index in [1.807, 2.05) is 0 Å². The number of anilines is 1. The van der Waals surface area contributed by atoms with Gasteiger partial charge in [-0.1, -0.05) is 12.1 Å². The lowest BCUT2D eigenvalue weighted by molar-refractivity contribution is -0.114. The van der Waals surface area contributed by atoms with Crippen LogP contribution in [0.3, 0.4) is 0 Å². The minimum absolute atomic E-state index is 0.0262. The van der Waals surface area contributed by atoms with E-state index in [4.69, 9.17) is 4.42 Å². The van der Waals surface area contributed by atoms with Crippen LogP contribution in [-0.2, 0) is 4.79 Å². The number of hydrogen-bond donors (Lipinski definition) is 2. The van der Waals surface area contributed by atoms with Gasteiger partial charge in [-0.3, -0.25) is 4.79 Å². The first-order valence-corrected chi connectivity index (χ1v) is 6.55. The number of hydrogen-bond acceptors (Lipinski definition) is 5. The maximum absolute atomic E-state index is 12.0. The van der Waals surface area contributed by atoms with E-state index in [2.05, 4.69) is 10.3 Å². The van der Waals surface area contributed by atoms with Crippen LogP contribution in [0.2, 0.25) is 0 Å². The number of amides is 1. The normalized spacial score (nSPS) is 10.6. The lowest BCUT2D eigenvalue weighted by Crippen LogP contribution is -2.08. The van der Waals surface area contributed by atoms with Gasteiger partial charge in [0.1, 0.15) is 5.75 Å². The van der Waals surface area contributed by atoms with E-state index in [0.717, 1.165) is 0 Å². The summed E-state index contributed by atoms with van der Waals surface area (Å²) in [6.45, 7) is 1.36. The number of rotatable bonds is 2. The van der Waals surface area contributed by atoms with E-state index in [1.165, 1.54) is 25.1 Å². The molecule has 110 valence electrons. The van der Waals surface area contributed by atoms with Crippen LogP contribution >= 0.6 is 0 Å². The summed E-state index contributed by atoms with van der Waals surface area (Å²) in [7, 11) is 0. The Balaban J connectivity index is 2.24. The third-order valence-corrected chi connectivity index (χ3v) is 3.08. The van der Waals surface area contributed by atoms with Gasteiger partial charge in [0, 0.05) is 6.92 Å². The molecular formula is C16H12N2O4. The summed E-state index contributed by atoms with van der Waals surface area (Å²) in [4.78, 5) is 27.6. The van der Waals surface area contributed by atoms with Gasteiger partial charge in [0.2, 0.25) is 11.8 Å². The van der Waals surface area contributed by atoms with Crippen LogP contribution in [0.1, 0.15) is 6.92 Å². The number of phenolic OH excluding ortho intramolecular Hbond substituents is 1. The van der Waals surface area contributed by atoms with Crippen LogP contribution in [0.4, 0.5) is 5.69 Å². The monoisotopic (exact) mass is 296 g/mol. The number of nitrogens with zero attached hydrogens (tertiary/aromatic N) is 1. The predicted octanol–water partition coefficient (Wildman–Crippen LogP) is 2.52. The zero-order chi connectivity index (χ0) is 15.7. The van der Waals surface area contributed by atoms with Gasteiger partial charge in [0.25, 0.3) is 0 Å². The minimum Gasteiger partial charge on any atom is -0.508 e. The van der Waals surface area contributed by atoms with Crippen molar-refractivity contribution in [1.82, 2.24) is 4.98 Å². The Morgan fingerprint density at radius 1 is 1.23 bits per heavy atom. The van der Waals surface area contributed by atoms with E-state index >= 15 is 0 Å². The lowest BCUT2D eigenvalue weighted by Gasteiger charge is -2.09. The zero-order valence-corrected chi connectivity index (χ0v) is 11.7. The molecule has 0 bridgehead atoms. The maximum atomic E-state index is 12.0. The van der Waals surface area contributed by atoms with E-state index < -0.39 is 5.63 Å². The van der Waals surface area contributed by atoms with Crippen LogP contribution < -0.4 is 10.9 Å². The number of aromatic nitrogens is 1. The molecule has 22 heavy (non-hydrogen) atoms. The molecule has 0 fully saturated rings. The van der Waals surface area contributed by atoms with Crippen LogP contribution in [-0.4, -0.2) is 16.0 Å². The number of nitrogens with one attached hydrogen (secondary N) is 1. The van der Waals surface area contributed by atoms with Gasteiger partial charge in [-0.2, -0.15) is 0 Å². The van der Waals surface area contributed by atoms with Crippen molar-refractivity contribution in [3.8, 4) is 17.2 Å². The molecule has 0 spiro atoms. The number of phenols is 1. The molecule has 3 aromatic rings. The first-order chi connectivity index (χ1) is 10.5. The smallest absolute Gasteiger partial charge is 0.347 e. The predicted molar refractivity (Wildman–Crippen MR) is 81.7 cm³/mol. The summed E-state index contributed by atoms with van der Waals surface area (Å²) >= 11 is 0. The Labute approximate surface area is 125 Å². The molecule has 1 heterocycles. The molecule has 2 N–H and O–H groups in total. The molecule has 0 radical (unpaired) electrons. The Bertz CT molecular complexity index is 931. The van der Waals surface area contributed by atoms with Gasteiger partial charge in [0.05, 0.1) is 22.2 Å². The molecule has 0 atom stereocenters. The first kappa shape index (κ1) is 13.8. The van der Waals surface area contributed by atoms with Crippen molar-refractivity contribution in [1.29, 1.82) is 0 Å². The summed E-state index contributed by atoms with van der Waals surface area (Å²) in [5.74, 6) is -0.278. The molecule has 0 saturated heterocycles. The number of carbonyl (C=O) groups is 1. The van der Waals surface area contributed by atoms with Gasteiger partial charge in [-0.15, -0.1) is 0 Å². The van der Waals surface area contributed by atoms with Crippen LogP contribution in [0.25, 0.3) is 22.4 Å². The highest BCUT2D eigenvalue weighted by Crippen LogP contribution is 2.30. The molecule has 3 rings (SSSR count). The fraction of sp³-hybridized carbons (Fsp3) is 0.0625. The van der Waals surface area contributed by atoms with E-state index in [1.54, 1.807) is 24.3 Å². The Morgan fingerprint density at radius 2 is 2.00 bits per heavy atom. The molecule has 1 aromatic heterocycles. The van der Waals surface area contributed by atoms with Crippen LogP contribution in [0, 0.1) is 0 Å². The van der Waals surface area contributed by atoms with Gasteiger partial charge in [-0.25, -0.2) is 9.78 Å². The summed E-state index contributed by atoms with van der Waals surface area (Å²) in [5.41, 5.74) is 0.679. The number of aromatic hydroxyl groups is 1. The highest BCUT2D eigenvalue weighted by molar-refractivity contribution is 5.93. The number of para-hydroxylation sites is 1. The fourth-order valence-electron chi connectivity index (χ4n) is 2.14. The highest BCUT2D eigenvalue weighted by Gasteiger charge is 2.14. The molecule has 0 aliphatic carbocycles. The average Bonchev–Trinajstić information content (AvgIpc) is 2.48. The Morgan fingerprint density at radius 3 is 2.77 bits per heavy atom. The van der Waals surface area contributed by atoms with Gasteiger partial charge < -0.3 is 14.8 Å². The molecular weight excluding hydrogens is 284 g/mol. The molecule has 0 saturated carbocycles. The molecule has 1 amide bonds. The second-order valence-electron chi connectivity index (χ2n) is 4.73. The van der Waals surface area contributed by atoms with Gasteiger partial charge in [0.15, 0.2) is 0 Å². The maximum Gasteiger partial charge on any atom is 0.347 e. The standard InChI is InChI=1S/C16H12N2O4/c1-9(19)17-14-7-6-10(20)8-12(14)15-18-13-5-3-2-4-11(13)16(21)22-15/h2-8,20H,1H3,(H,17,19). The largest absolute Gasteiger partial charge is 0.508 e. The van der Waals surface area contributed by atoms with Crippen molar-refractivity contribution in [3.63, 3.8) is 0 Å². The number of benzene rings is 2. The Hall–Kier alpha value is -3.15. The second kappa shape index (κ2) is 5.33. The molecule has 2 aromatic carbocycles. The van der Waals surface area contributed by atoms with E-state index in [9.17, 15) is 14.7 Å². The molecule has 0 aliphatic heterocycles. The third-order valence-electron chi connectivity index (χ3n) is 3.08. The Kier molecular flexibility index (Phi) is 3.34. The van der Waals surface area contributed by atoms with Gasteiger partial charge in [-0.05, 0) is 30.3 Å². The molecule has 0 unspecified atom stereocenters. The third kappa shape index (κ3) is 2.54. The van der Waals surface area contributed by atoms with Crippen molar-refractivity contribution in [2.45, 2.75) is 6.92 Å². The van der Waals surface area contributed by atoms with E-state index in [0.29, 0.717) is 22.2 Å². The highest BCUT2D eigenvalue weighted by atomic mass is 16.4. The molecule has 0 aliphatic rings. The van der Waals surface area contributed by atoms with Gasteiger partial charge >= 0.3 is 5.63 Å². The average molecular weight is 296 g/mol. The lowest BCUT2D eigenvalue weighted by atomic mass is 10.1. The number of carbonyl (C=O) groups excluding carboxylic acids is 1. The quantitative estimate of drug-likeness (QED) is 0.709. The van der Waals surface area contributed by atoms with Crippen molar-refractivity contribution in [2.24, 2.45) is 0 Å². The minimum atomic E-state index is -0.530. The summed E-state index contributed by atoms with van der Waals surface area (Å²) in [5, 5.41) is 12.6. The summed E-state index contributed by atoms with van der Waals surface area (Å²) < 4.78 is 5.22. The summed E-state index contributed by atoms with van der Waals surface area (Å²) in [6.07, 6.45) is 0. The van der Waals surface area contributed by atoms with Crippen LogP contribution in [0.15, 0.2) is 51.7 Å². The second-order valence-corrected chi connectivity index (χ2v) is 4.73. The topological polar surface area (TPSA) is 92.4 Å².